The Bertz CT molecular complexity index is 1430. The van der Waals surface area contributed by atoms with Crippen molar-refractivity contribution in [3.05, 3.63) is 72.1 Å². The molecule has 10 nitrogen and oxygen atoms in total. The molecule has 0 radical (unpaired) electrons. The number of aromatic nitrogens is 1. The number of carboxylic acid groups (broad SMARTS) is 1. The van der Waals surface area contributed by atoms with Crippen molar-refractivity contribution in [2.24, 2.45) is 5.73 Å². The van der Waals surface area contributed by atoms with E-state index in [1.54, 1.807) is 47.6 Å². The van der Waals surface area contributed by atoms with E-state index in [9.17, 15) is 26.4 Å². The summed E-state index contributed by atoms with van der Waals surface area (Å²) >= 11 is 1.15. The Morgan fingerprint density at radius 1 is 1.21 bits per heavy atom. The topological polar surface area (TPSA) is 167 Å². The number of alkyl halides is 3. The van der Waals surface area contributed by atoms with Crippen molar-refractivity contribution >= 4 is 39.1 Å². The van der Waals surface area contributed by atoms with Crippen LogP contribution >= 0.6 is 11.3 Å². The highest BCUT2D eigenvalue weighted by molar-refractivity contribution is 7.91. The van der Waals surface area contributed by atoms with Crippen LogP contribution in [0.1, 0.15) is 17.5 Å². The molecule has 1 aromatic carbocycles. The van der Waals surface area contributed by atoms with Crippen molar-refractivity contribution in [3.63, 3.8) is 0 Å². The molecule has 38 heavy (non-hydrogen) atoms. The first-order valence-corrected chi connectivity index (χ1v) is 13.1. The van der Waals surface area contributed by atoms with Gasteiger partial charge in [0.25, 0.3) is 10.0 Å². The molecule has 15 heteroatoms. The number of carboxylic acids is 1. The molecular formula is C23H22F3N5O5S2. The average molecular weight is 570 g/mol. The highest BCUT2D eigenvalue weighted by Gasteiger charge is 2.38. The number of halogens is 3. The van der Waals surface area contributed by atoms with Gasteiger partial charge in [0.1, 0.15) is 16.1 Å². The van der Waals surface area contributed by atoms with E-state index in [-0.39, 0.29) is 16.0 Å². The lowest BCUT2D eigenvalue weighted by atomic mass is 10.1. The van der Waals surface area contributed by atoms with E-state index in [0.717, 1.165) is 27.3 Å². The molecule has 1 fully saturated rings. The molecule has 0 saturated carbocycles. The summed E-state index contributed by atoms with van der Waals surface area (Å²) in [6, 6.07) is 13.3. The van der Waals surface area contributed by atoms with E-state index < -0.39 is 28.2 Å². The van der Waals surface area contributed by atoms with Crippen LogP contribution in [0.2, 0.25) is 0 Å². The maximum atomic E-state index is 12.8. The van der Waals surface area contributed by atoms with Gasteiger partial charge in [-0.3, -0.25) is 15.2 Å². The van der Waals surface area contributed by atoms with E-state index >= 15 is 0 Å². The Balaban J connectivity index is 0.000000505. The molecule has 0 aliphatic carbocycles. The van der Waals surface area contributed by atoms with Gasteiger partial charge >= 0.3 is 12.1 Å². The molecule has 0 bridgehead atoms. The first kappa shape index (κ1) is 28.7. The van der Waals surface area contributed by atoms with Crippen molar-refractivity contribution in [2.75, 3.05) is 6.54 Å². The molecule has 5 N–H and O–H groups in total. The second kappa shape index (κ2) is 11.7. The summed E-state index contributed by atoms with van der Waals surface area (Å²) in [6.45, 7) is 0.784. The Kier molecular flexibility index (Phi) is 8.85. The number of nitrogen functional groups attached to an aromatic ring is 1. The number of carbonyl (C=O) groups excluding carboxylic acids is 1. The predicted octanol–water partition coefficient (Wildman–Crippen LogP) is 2.81. The van der Waals surface area contributed by atoms with Gasteiger partial charge in [-0.15, -0.1) is 11.3 Å². The molecule has 1 aliphatic rings. The van der Waals surface area contributed by atoms with Crippen LogP contribution in [0.5, 0.6) is 0 Å². The number of thiophene rings is 1. The lowest BCUT2D eigenvalue weighted by molar-refractivity contribution is -0.192. The van der Waals surface area contributed by atoms with E-state index in [0.29, 0.717) is 25.1 Å². The average Bonchev–Trinajstić information content (AvgIpc) is 3.48. The molecule has 1 saturated heterocycles. The summed E-state index contributed by atoms with van der Waals surface area (Å²) < 4.78 is 60.1. The number of pyridine rings is 1. The van der Waals surface area contributed by atoms with E-state index in [1.807, 2.05) is 18.2 Å². The third kappa shape index (κ3) is 7.36. The van der Waals surface area contributed by atoms with Crippen LogP contribution < -0.4 is 10.5 Å². The second-order valence-electron chi connectivity index (χ2n) is 7.99. The van der Waals surface area contributed by atoms with Crippen LogP contribution in [0, 0.1) is 5.41 Å². The summed E-state index contributed by atoms with van der Waals surface area (Å²) in [6.07, 6.45) is -1.38. The zero-order valence-corrected chi connectivity index (χ0v) is 21.1. The van der Waals surface area contributed by atoms with E-state index in [2.05, 4.69) is 9.71 Å². The number of sulfonamides is 1. The number of aliphatic carboxylic acids is 1. The fraction of sp³-hybridized carbons (Fsp3) is 0.217. The molecular weight excluding hydrogens is 547 g/mol. The van der Waals surface area contributed by atoms with Gasteiger partial charge in [-0.05, 0) is 47.9 Å². The Hall–Kier alpha value is -3.82. The normalized spacial score (nSPS) is 15.6. The number of rotatable bonds is 7. The van der Waals surface area contributed by atoms with Gasteiger partial charge < -0.3 is 15.7 Å². The summed E-state index contributed by atoms with van der Waals surface area (Å²) in [4.78, 5) is 28.1. The van der Waals surface area contributed by atoms with Gasteiger partial charge in [0.2, 0.25) is 5.91 Å². The van der Waals surface area contributed by atoms with E-state index in [1.165, 1.54) is 0 Å². The predicted molar refractivity (Wildman–Crippen MR) is 133 cm³/mol. The second-order valence-corrected chi connectivity index (χ2v) is 11.0. The van der Waals surface area contributed by atoms with Crippen molar-refractivity contribution in [1.82, 2.24) is 14.6 Å². The third-order valence-corrected chi connectivity index (χ3v) is 8.36. The first-order chi connectivity index (χ1) is 17.8. The van der Waals surface area contributed by atoms with Crippen molar-refractivity contribution < 1.29 is 36.3 Å². The number of hydrogen-bond donors (Lipinski definition) is 4. The summed E-state index contributed by atoms with van der Waals surface area (Å²) in [5.74, 6) is -3.06. The molecule has 0 spiro atoms. The quantitative estimate of drug-likeness (QED) is 0.251. The van der Waals surface area contributed by atoms with Gasteiger partial charge in [0.15, 0.2) is 0 Å². The maximum absolute atomic E-state index is 12.8. The molecule has 0 unspecified atom stereocenters. The van der Waals surface area contributed by atoms with Gasteiger partial charge in [-0.1, -0.05) is 18.2 Å². The number of carbonyl (C=O) groups is 2. The minimum Gasteiger partial charge on any atom is -0.475 e. The van der Waals surface area contributed by atoms with Crippen LogP contribution in [0.3, 0.4) is 0 Å². The van der Waals surface area contributed by atoms with Crippen molar-refractivity contribution in [1.29, 1.82) is 5.41 Å². The minimum atomic E-state index is -5.08. The highest BCUT2D eigenvalue weighted by Crippen LogP contribution is 2.30. The number of nitrogens with two attached hydrogens (primary N) is 1. The Morgan fingerprint density at radius 3 is 2.47 bits per heavy atom. The minimum absolute atomic E-state index is 0.0395. The SMILES string of the molecule is N=C(N)c1cccc(CN2CC[C@H](NS(=O)(=O)c3ccc(-c4ccncc4)s3)C2=O)c1.O=C(O)C(F)(F)F. The van der Waals surface area contributed by atoms with Crippen molar-refractivity contribution in [3.8, 4) is 10.4 Å². The molecule has 202 valence electrons. The monoisotopic (exact) mass is 569 g/mol. The fourth-order valence-corrected chi connectivity index (χ4v) is 6.00. The highest BCUT2D eigenvalue weighted by atomic mass is 32.2. The smallest absolute Gasteiger partial charge is 0.475 e. The van der Waals surface area contributed by atoms with Crippen molar-refractivity contribution in [2.45, 2.75) is 29.4 Å². The summed E-state index contributed by atoms with van der Waals surface area (Å²) in [7, 11) is -3.82. The molecule has 1 amide bonds. The molecule has 1 aliphatic heterocycles. The van der Waals surface area contributed by atoms with Crippen LogP contribution in [-0.4, -0.2) is 59.9 Å². The number of amides is 1. The molecule has 1 atom stereocenters. The summed E-state index contributed by atoms with van der Waals surface area (Å²) in [5.41, 5.74) is 7.84. The molecule has 4 rings (SSSR count). The lowest BCUT2D eigenvalue weighted by Crippen LogP contribution is -2.41. The maximum Gasteiger partial charge on any atom is 0.490 e. The number of benzene rings is 1. The summed E-state index contributed by atoms with van der Waals surface area (Å²) in [5, 5.41) is 14.7. The van der Waals surface area contributed by atoms with Crippen LogP contribution in [0.4, 0.5) is 13.2 Å². The Morgan fingerprint density at radius 2 is 1.87 bits per heavy atom. The van der Waals surface area contributed by atoms with Gasteiger partial charge in [-0.25, -0.2) is 13.2 Å². The standard InChI is InChI=1S/C21H21N5O3S2.C2HF3O2/c22-20(23)16-3-1-2-14(12-16)13-26-11-8-17(21(26)27)25-31(28,29)19-5-4-18(30-19)15-6-9-24-10-7-15;3-2(4,5)1(6)7/h1-7,9-10,12,17,25H,8,11,13H2,(H3,22,23);(H,6,7)/t17-;/m0./s1. The fourth-order valence-electron chi connectivity index (χ4n) is 3.44. The van der Waals surface area contributed by atoms with Crippen LogP contribution in [0.25, 0.3) is 10.4 Å². The van der Waals surface area contributed by atoms with E-state index in [4.69, 9.17) is 21.0 Å². The van der Waals surface area contributed by atoms with Gasteiger partial charge in [0, 0.05) is 35.9 Å². The number of hydrogen-bond acceptors (Lipinski definition) is 7. The Labute approximate surface area is 219 Å². The zero-order valence-electron chi connectivity index (χ0n) is 19.5. The third-order valence-electron chi connectivity index (χ3n) is 5.26. The van der Waals surface area contributed by atoms with Gasteiger partial charge in [-0.2, -0.15) is 17.9 Å². The van der Waals surface area contributed by atoms with Gasteiger partial charge in [0.05, 0.1) is 0 Å². The van der Waals surface area contributed by atoms with Crippen LogP contribution in [0.15, 0.2) is 65.1 Å². The zero-order chi connectivity index (χ0) is 28.1. The molecule has 3 heterocycles. The largest absolute Gasteiger partial charge is 0.490 e. The number of nitrogens with zero attached hydrogens (tertiary/aromatic N) is 2. The van der Waals surface area contributed by atoms with Crippen LogP contribution in [-0.2, 0) is 26.2 Å². The molecule has 3 aromatic rings. The molecule has 2 aromatic heterocycles. The lowest BCUT2D eigenvalue weighted by Gasteiger charge is -2.17. The number of likely N-dealkylation sites (tertiary alicyclic amines) is 1. The number of amidine groups is 1. The first-order valence-electron chi connectivity index (χ1n) is 10.8. The number of nitrogens with one attached hydrogen (secondary N) is 2.